The summed E-state index contributed by atoms with van der Waals surface area (Å²) in [5.41, 5.74) is 2.74. The molecule has 0 heterocycles. The van der Waals surface area contributed by atoms with Crippen molar-refractivity contribution in [2.75, 3.05) is 6.61 Å². The van der Waals surface area contributed by atoms with E-state index in [0.717, 1.165) is 16.7 Å². The normalized spacial score (nSPS) is 11.7. The summed E-state index contributed by atoms with van der Waals surface area (Å²) in [6.07, 6.45) is 0. The Bertz CT molecular complexity index is 902. The second-order valence-corrected chi connectivity index (χ2v) is 7.13. The molecule has 0 aliphatic rings. The lowest BCUT2D eigenvalue weighted by molar-refractivity contribution is -0.154. The van der Waals surface area contributed by atoms with E-state index in [1.165, 1.54) is 0 Å². The van der Waals surface area contributed by atoms with Gasteiger partial charge in [0.2, 0.25) is 5.91 Å². The van der Waals surface area contributed by atoms with Gasteiger partial charge in [0.15, 0.2) is 0 Å². The summed E-state index contributed by atoms with van der Waals surface area (Å²) in [7, 11) is 0. The molecule has 1 unspecified atom stereocenters. The number of amides is 1. The number of nitrogens with zero attached hydrogens (tertiary/aromatic N) is 1. The molecule has 0 fully saturated rings. The van der Waals surface area contributed by atoms with Crippen molar-refractivity contribution in [2.24, 2.45) is 0 Å². The molecule has 4 heteroatoms. The Kier molecular flexibility index (Phi) is 7.39. The predicted octanol–water partition coefficient (Wildman–Crippen LogP) is 4.80. The zero-order valence-electron chi connectivity index (χ0n) is 17.4. The van der Waals surface area contributed by atoms with E-state index in [-0.39, 0.29) is 12.5 Å². The maximum atomic E-state index is 13.9. The van der Waals surface area contributed by atoms with Gasteiger partial charge in [-0.2, -0.15) is 0 Å². The van der Waals surface area contributed by atoms with E-state index in [2.05, 4.69) is 0 Å². The van der Waals surface area contributed by atoms with Crippen LogP contribution in [-0.2, 0) is 20.9 Å². The summed E-state index contributed by atoms with van der Waals surface area (Å²) in [5, 5.41) is 0. The summed E-state index contributed by atoms with van der Waals surface area (Å²) in [4.78, 5) is 28.1. The van der Waals surface area contributed by atoms with Crippen molar-refractivity contribution in [2.45, 2.75) is 32.4 Å². The maximum Gasteiger partial charge on any atom is 0.328 e. The van der Waals surface area contributed by atoms with E-state index in [0.29, 0.717) is 6.54 Å². The van der Waals surface area contributed by atoms with Gasteiger partial charge in [-0.05, 0) is 30.5 Å². The Hall–Kier alpha value is -3.40. The van der Waals surface area contributed by atoms with Crippen LogP contribution in [0.3, 0.4) is 0 Å². The molecule has 1 atom stereocenters. The van der Waals surface area contributed by atoms with Crippen LogP contribution in [0.2, 0.25) is 0 Å². The number of benzene rings is 3. The van der Waals surface area contributed by atoms with E-state index >= 15 is 0 Å². The molecule has 0 saturated carbocycles. The SMILES string of the molecule is CCOC(=O)C(C)N(Cc1ccccc1)C(=O)C(c1ccccc1)c1ccccc1. The molecule has 0 radical (unpaired) electrons. The van der Waals surface area contributed by atoms with Crippen LogP contribution in [0.4, 0.5) is 0 Å². The van der Waals surface area contributed by atoms with Crippen molar-refractivity contribution >= 4 is 11.9 Å². The predicted molar refractivity (Wildman–Crippen MR) is 118 cm³/mol. The minimum absolute atomic E-state index is 0.128. The molecule has 0 aliphatic carbocycles. The molecule has 3 rings (SSSR count). The second kappa shape index (κ2) is 10.4. The van der Waals surface area contributed by atoms with Crippen molar-refractivity contribution in [3.05, 3.63) is 108 Å². The number of rotatable bonds is 8. The van der Waals surface area contributed by atoms with E-state index in [1.54, 1.807) is 18.7 Å². The van der Waals surface area contributed by atoms with Crippen LogP contribution in [0.15, 0.2) is 91.0 Å². The molecular weight excluding hydrogens is 374 g/mol. The van der Waals surface area contributed by atoms with Crippen LogP contribution in [0.25, 0.3) is 0 Å². The molecule has 30 heavy (non-hydrogen) atoms. The molecule has 3 aromatic carbocycles. The summed E-state index contributed by atoms with van der Waals surface area (Å²) in [6, 6.07) is 28.4. The minimum Gasteiger partial charge on any atom is -0.464 e. The van der Waals surface area contributed by atoms with E-state index in [4.69, 9.17) is 4.74 Å². The number of hydrogen-bond donors (Lipinski definition) is 0. The first-order valence-electron chi connectivity index (χ1n) is 10.2. The van der Waals surface area contributed by atoms with Gasteiger partial charge in [0, 0.05) is 6.54 Å². The van der Waals surface area contributed by atoms with Crippen molar-refractivity contribution in [3.8, 4) is 0 Å². The van der Waals surface area contributed by atoms with Crippen molar-refractivity contribution in [1.82, 2.24) is 4.90 Å². The molecule has 0 bridgehead atoms. The molecule has 0 saturated heterocycles. The lowest BCUT2D eigenvalue weighted by atomic mass is 9.89. The van der Waals surface area contributed by atoms with Gasteiger partial charge in [0.05, 0.1) is 12.5 Å². The van der Waals surface area contributed by atoms with E-state index in [9.17, 15) is 9.59 Å². The topological polar surface area (TPSA) is 46.6 Å². The Morgan fingerprint density at radius 3 is 1.73 bits per heavy atom. The smallest absolute Gasteiger partial charge is 0.328 e. The number of carbonyl (C=O) groups is 2. The third kappa shape index (κ3) is 5.15. The molecule has 154 valence electrons. The van der Waals surface area contributed by atoms with Gasteiger partial charge in [0.25, 0.3) is 0 Å². The van der Waals surface area contributed by atoms with Gasteiger partial charge in [-0.15, -0.1) is 0 Å². The zero-order chi connectivity index (χ0) is 21.3. The van der Waals surface area contributed by atoms with Crippen LogP contribution in [-0.4, -0.2) is 29.4 Å². The van der Waals surface area contributed by atoms with Gasteiger partial charge < -0.3 is 9.64 Å². The summed E-state index contributed by atoms with van der Waals surface area (Å²) >= 11 is 0. The minimum atomic E-state index is -0.701. The second-order valence-electron chi connectivity index (χ2n) is 7.13. The summed E-state index contributed by atoms with van der Waals surface area (Å²) in [6.45, 7) is 4.10. The van der Waals surface area contributed by atoms with Gasteiger partial charge >= 0.3 is 5.97 Å². The lowest BCUT2D eigenvalue weighted by Crippen LogP contribution is -2.45. The van der Waals surface area contributed by atoms with Crippen molar-refractivity contribution < 1.29 is 14.3 Å². The van der Waals surface area contributed by atoms with Gasteiger partial charge in [0.1, 0.15) is 6.04 Å². The number of hydrogen-bond acceptors (Lipinski definition) is 3. The average Bonchev–Trinajstić information content (AvgIpc) is 2.79. The molecule has 3 aromatic rings. The fraction of sp³-hybridized carbons (Fsp3) is 0.231. The molecule has 0 aliphatic heterocycles. The first-order valence-corrected chi connectivity index (χ1v) is 10.2. The summed E-state index contributed by atoms with van der Waals surface area (Å²) in [5.74, 6) is -1.04. The molecule has 0 N–H and O–H groups in total. The van der Waals surface area contributed by atoms with Crippen LogP contribution in [0.1, 0.15) is 36.5 Å². The van der Waals surface area contributed by atoms with Gasteiger partial charge in [-0.3, -0.25) is 4.79 Å². The van der Waals surface area contributed by atoms with Crippen LogP contribution < -0.4 is 0 Å². The number of esters is 1. The standard InChI is InChI=1S/C26H27NO3/c1-3-30-26(29)20(2)27(19-21-13-7-4-8-14-21)25(28)24(22-15-9-5-10-16-22)23-17-11-6-12-18-23/h4-18,20,24H,3,19H2,1-2H3. The van der Waals surface area contributed by atoms with Crippen LogP contribution in [0, 0.1) is 0 Å². The molecule has 1 amide bonds. The van der Waals surface area contributed by atoms with Crippen molar-refractivity contribution in [1.29, 1.82) is 0 Å². The number of ether oxygens (including phenoxy) is 1. The Morgan fingerprint density at radius 2 is 1.27 bits per heavy atom. The first-order chi connectivity index (χ1) is 14.6. The highest BCUT2D eigenvalue weighted by molar-refractivity contribution is 5.91. The Morgan fingerprint density at radius 1 is 0.800 bits per heavy atom. The molecular formula is C26H27NO3. The summed E-state index contributed by atoms with van der Waals surface area (Å²) < 4.78 is 5.23. The maximum absolute atomic E-state index is 13.9. The Balaban J connectivity index is 2.02. The largest absolute Gasteiger partial charge is 0.464 e. The third-order valence-electron chi connectivity index (χ3n) is 5.09. The molecule has 0 spiro atoms. The quantitative estimate of drug-likeness (QED) is 0.510. The number of carbonyl (C=O) groups excluding carboxylic acids is 2. The Labute approximate surface area is 178 Å². The van der Waals surface area contributed by atoms with Crippen LogP contribution in [0.5, 0.6) is 0 Å². The first kappa shape index (κ1) is 21.3. The van der Waals surface area contributed by atoms with Crippen LogP contribution >= 0.6 is 0 Å². The van der Waals surface area contributed by atoms with Gasteiger partial charge in [-0.1, -0.05) is 91.0 Å². The van der Waals surface area contributed by atoms with E-state index < -0.39 is 17.9 Å². The molecule has 0 aromatic heterocycles. The van der Waals surface area contributed by atoms with Crippen molar-refractivity contribution in [3.63, 3.8) is 0 Å². The monoisotopic (exact) mass is 401 g/mol. The third-order valence-corrected chi connectivity index (χ3v) is 5.09. The lowest BCUT2D eigenvalue weighted by Gasteiger charge is -2.32. The van der Waals surface area contributed by atoms with E-state index in [1.807, 2.05) is 91.0 Å². The highest BCUT2D eigenvalue weighted by Crippen LogP contribution is 2.28. The zero-order valence-corrected chi connectivity index (χ0v) is 17.4. The highest BCUT2D eigenvalue weighted by Gasteiger charge is 2.33. The molecule has 4 nitrogen and oxygen atoms in total. The fourth-order valence-corrected chi connectivity index (χ4v) is 3.51. The average molecular weight is 402 g/mol. The van der Waals surface area contributed by atoms with Gasteiger partial charge in [-0.25, -0.2) is 4.79 Å². The highest BCUT2D eigenvalue weighted by atomic mass is 16.5. The fourth-order valence-electron chi connectivity index (χ4n) is 3.51.